The Kier molecular flexibility index (Phi) is 4.03. The van der Waals surface area contributed by atoms with E-state index in [4.69, 9.17) is 0 Å². The minimum Gasteiger partial charge on any atom is -0.387 e. The van der Waals surface area contributed by atoms with Crippen LogP contribution in [0.3, 0.4) is 0 Å². The molecule has 20 heavy (non-hydrogen) atoms. The highest BCUT2D eigenvalue weighted by atomic mass is 32.2. The van der Waals surface area contributed by atoms with E-state index in [-0.39, 0.29) is 0 Å². The number of nitrogens with zero attached hydrogens (tertiary/aromatic N) is 4. The molecule has 0 aromatic carbocycles. The summed E-state index contributed by atoms with van der Waals surface area (Å²) in [7, 11) is 0. The van der Waals surface area contributed by atoms with E-state index >= 15 is 0 Å². The topological polar surface area (TPSA) is 63.8 Å². The summed E-state index contributed by atoms with van der Waals surface area (Å²) in [5, 5.41) is 19.0. The van der Waals surface area contributed by atoms with E-state index in [0.29, 0.717) is 5.69 Å². The van der Waals surface area contributed by atoms with Crippen LogP contribution in [0.15, 0.2) is 28.4 Å². The molecule has 0 unspecified atom stereocenters. The van der Waals surface area contributed by atoms with E-state index in [1.165, 1.54) is 19.3 Å². The molecule has 3 heterocycles. The number of aromatic nitrogens is 4. The third kappa shape index (κ3) is 2.86. The monoisotopic (exact) mass is 290 g/mol. The van der Waals surface area contributed by atoms with E-state index in [0.717, 1.165) is 28.8 Å². The van der Waals surface area contributed by atoms with Gasteiger partial charge in [0, 0.05) is 24.1 Å². The van der Waals surface area contributed by atoms with E-state index in [2.05, 4.69) is 19.7 Å². The van der Waals surface area contributed by atoms with Crippen molar-refractivity contribution in [1.82, 2.24) is 19.7 Å². The van der Waals surface area contributed by atoms with Crippen molar-refractivity contribution in [3.05, 3.63) is 29.8 Å². The maximum Gasteiger partial charge on any atom is 0.196 e. The second kappa shape index (κ2) is 5.93. The fourth-order valence-corrected chi connectivity index (χ4v) is 3.18. The van der Waals surface area contributed by atoms with Crippen LogP contribution in [0.25, 0.3) is 0 Å². The quantitative estimate of drug-likeness (QED) is 0.941. The Balaban J connectivity index is 1.79. The highest BCUT2D eigenvalue weighted by Gasteiger charge is 2.15. The molecule has 2 aromatic rings. The molecule has 0 radical (unpaired) electrons. The molecule has 3 rings (SSSR count). The van der Waals surface area contributed by atoms with Crippen LogP contribution < -0.4 is 0 Å². The summed E-state index contributed by atoms with van der Waals surface area (Å²) in [6.07, 6.45) is 5.93. The molecular formula is C14H18N4OS. The van der Waals surface area contributed by atoms with Crippen LogP contribution in [0, 0.1) is 0 Å². The van der Waals surface area contributed by atoms with Gasteiger partial charge in [0.15, 0.2) is 5.16 Å². The van der Waals surface area contributed by atoms with Crippen molar-refractivity contribution in [2.24, 2.45) is 0 Å². The van der Waals surface area contributed by atoms with E-state index in [9.17, 15) is 5.11 Å². The van der Waals surface area contributed by atoms with E-state index < -0.39 is 6.10 Å². The molecule has 5 nitrogen and oxygen atoms in total. The Bertz CT molecular complexity index is 579. The Morgan fingerprint density at radius 2 is 2.15 bits per heavy atom. The van der Waals surface area contributed by atoms with Crippen LogP contribution in [0.1, 0.15) is 43.8 Å². The average Bonchev–Trinajstić information content (AvgIpc) is 2.69. The SMILES string of the molecule is C[C@@H](O)c1ccc(Sc2nnc3n2CCCCC3)cn1. The Labute approximate surface area is 122 Å². The molecule has 6 heteroatoms. The zero-order valence-electron chi connectivity index (χ0n) is 11.5. The number of hydrogen-bond acceptors (Lipinski definition) is 5. The third-order valence-electron chi connectivity index (χ3n) is 3.47. The van der Waals surface area contributed by atoms with Gasteiger partial charge in [-0.1, -0.05) is 6.42 Å². The normalized spacial score (nSPS) is 16.5. The predicted octanol–water partition coefficient (Wildman–Crippen LogP) is 2.60. The molecule has 0 aliphatic carbocycles. The zero-order chi connectivity index (χ0) is 13.9. The number of fused-ring (bicyclic) bond motifs is 1. The van der Waals surface area contributed by atoms with Gasteiger partial charge < -0.3 is 9.67 Å². The summed E-state index contributed by atoms with van der Waals surface area (Å²) in [5.41, 5.74) is 0.689. The molecule has 0 bridgehead atoms. The van der Waals surface area contributed by atoms with Gasteiger partial charge in [0.2, 0.25) is 0 Å². The number of aliphatic hydroxyl groups excluding tert-OH is 1. The molecule has 2 aromatic heterocycles. The van der Waals surface area contributed by atoms with Gasteiger partial charge in [-0.05, 0) is 43.7 Å². The van der Waals surface area contributed by atoms with Gasteiger partial charge >= 0.3 is 0 Å². The maximum absolute atomic E-state index is 9.46. The fraction of sp³-hybridized carbons (Fsp3) is 0.500. The van der Waals surface area contributed by atoms with E-state index in [1.807, 2.05) is 12.1 Å². The van der Waals surface area contributed by atoms with Crippen LogP contribution in [0.4, 0.5) is 0 Å². The maximum atomic E-state index is 9.46. The number of rotatable bonds is 3. The summed E-state index contributed by atoms with van der Waals surface area (Å²) in [5.74, 6) is 1.10. The molecule has 106 valence electrons. The summed E-state index contributed by atoms with van der Waals surface area (Å²) < 4.78 is 2.22. The molecule has 1 N–H and O–H groups in total. The number of aryl methyl sites for hydroxylation is 1. The first-order valence-corrected chi connectivity index (χ1v) is 7.79. The van der Waals surface area contributed by atoms with Gasteiger partial charge in [-0.15, -0.1) is 10.2 Å². The molecule has 1 atom stereocenters. The van der Waals surface area contributed by atoms with Crippen LogP contribution in [0.2, 0.25) is 0 Å². The second-order valence-corrected chi connectivity index (χ2v) is 6.10. The minimum absolute atomic E-state index is 0.529. The summed E-state index contributed by atoms with van der Waals surface area (Å²) in [4.78, 5) is 5.28. The number of aliphatic hydroxyl groups is 1. The average molecular weight is 290 g/mol. The van der Waals surface area contributed by atoms with Gasteiger partial charge in [-0.25, -0.2) is 0 Å². The lowest BCUT2D eigenvalue weighted by Gasteiger charge is -2.07. The van der Waals surface area contributed by atoms with Crippen LogP contribution in [-0.2, 0) is 13.0 Å². The molecule has 0 amide bonds. The first-order chi connectivity index (χ1) is 9.74. The van der Waals surface area contributed by atoms with Crippen molar-refractivity contribution < 1.29 is 5.11 Å². The van der Waals surface area contributed by atoms with Crippen molar-refractivity contribution in [1.29, 1.82) is 0 Å². The summed E-state index contributed by atoms with van der Waals surface area (Å²) in [6, 6.07) is 3.82. The van der Waals surface area contributed by atoms with Gasteiger partial charge in [-0.3, -0.25) is 4.98 Å². The molecule has 0 fully saturated rings. The molecule has 0 saturated heterocycles. The highest BCUT2D eigenvalue weighted by Crippen LogP contribution is 2.28. The van der Waals surface area contributed by atoms with Crippen molar-refractivity contribution >= 4 is 11.8 Å². The number of hydrogen-bond donors (Lipinski definition) is 1. The first-order valence-electron chi connectivity index (χ1n) is 6.98. The van der Waals surface area contributed by atoms with Crippen molar-refractivity contribution in [2.75, 3.05) is 0 Å². The molecule has 1 aliphatic heterocycles. The van der Waals surface area contributed by atoms with E-state index in [1.54, 1.807) is 24.9 Å². The molecular weight excluding hydrogens is 272 g/mol. The van der Waals surface area contributed by atoms with Crippen molar-refractivity contribution in [3.63, 3.8) is 0 Å². The third-order valence-corrected chi connectivity index (χ3v) is 4.43. The molecule has 0 saturated carbocycles. The molecule has 1 aliphatic rings. The highest BCUT2D eigenvalue weighted by molar-refractivity contribution is 7.99. The standard InChI is InChI=1S/C14H18N4OS/c1-10(19)12-7-6-11(9-15-12)20-14-17-16-13-5-3-2-4-8-18(13)14/h6-7,9-10,19H,2-5,8H2,1H3/t10-/m1/s1. The Hall–Kier alpha value is -1.40. The van der Waals surface area contributed by atoms with Gasteiger partial charge in [0.25, 0.3) is 0 Å². The summed E-state index contributed by atoms with van der Waals surface area (Å²) in [6.45, 7) is 2.72. The lowest BCUT2D eigenvalue weighted by Crippen LogP contribution is -2.02. The van der Waals surface area contributed by atoms with Gasteiger partial charge in [0.05, 0.1) is 11.8 Å². The smallest absolute Gasteiger partial charge is 0.196 e. The predicted molar refractivity (Wildman–Crippen MR) is 76.6 cm³/mol. The lowest BCUT2D eigenvalue weighted by molar-refractivity contribution is 0.194. The largest absolute Gasteiger partial charge is 0.387 e. The Morgan fingerprint density at radius 3 is 2.90 bits per heavy atom. The van der Waals surface area contributed by atoms with Crippen LogP contribution >= 0.6 is 11.8 Å². The minimum atomic E-state index is -0.529. The van der Waals surface area contributed by atoms with Crippen LogP contribution in [-0.4, -0.2) is 24.9 Å². The van der Waals surface area contributed by atoms with Crippen LogP contribution in [0.5, 0.6) is 0 Å². The van der Waals surface area contributed by atoms with Gasteiger partial charge in [0.1, 0.15) is 5.82 Å². The second-order valence-electron chi connectivity index (χ2n) is 5.06. The fourth-order valence-electron chi connectivity index (χ4n) is 2.34. The zero-order valence-corrected chi connectivity index (χ0v) is 12.3. The lowest BCUT2D eigenvalue weighted by atomic mass is 10.2. The summed E-state index contributed by atoms with van der Waals surface area (Å²) >= 11 is 1.58. The van der Waals surface area contributed by atoms with Gasteiger partial charge in [-0.2, -0.15) is 0 Å². The first kappa shape index (κ1) is 13.6. The van der Waals surface area contributed by atoms with Crippen molar-refractivity contribution in [3.8, 4) is 0 Å². The molecule has 0 spiro atoms. The Morgan fingerprint density at radius 1 is 1.25 bits per heavy atom. The number of pyridine rings is 1. The van der Waals surface area contributed by atoms with Crippen molar-refractivity contribution in [2.45, 2.75) is 55.3 Å².